The lowest BCUT2D eigenvalue weighted by Crippen LogP contribution is -2.41. The van der Waals surface area contributed by atoms with Crippen molar-refractivity contribution in [3.8, 4) is 0 Å². The molecule has 1 heterocycles. The predicted octanol–water partition coefficient (Wildman–Crippen LogP) is 5.47. The van der Waals surface area contributed by atoms with E-state index in [9.17, 15) is 14.7 Å². The first kappa shape index (κ1) is 21.3. The molecule has 3 aromatic carbocycles. The second-order valence-corrected chi connectivity index (χ2v) is 8.71. The van der Waals surface area contributed by atoms with Crippen LogP contribution in [0, 0.1) is 0 Å². The molecule has 0 radical (unpaired) electrons. The van der Waals surface area contributed by atoms with Gasteiger partial charge >= 0.3 is 0 Å². The molecule has 0 aliphatic carbocycles. The molecule has 1 atom stereocenters. The van der Waals surface area contributed by atoms with Gasteiger partial charge in [0.1, 0.15) is 0 Å². The van der Waals surface area contributed by atoms with Gasteiger partial charge in [-0.05, 0) is 35.2 Å². The number of amides is 1. The molecule has 0 saturated carbocycles. The number of carbonyl (C=O) groups excluding carboxylic acids is 2. The van der Waals surface area contributed by atoms with Crippen molar-refractivity contribution in [2.45, 2.75) is 38.3 Å². The Kier molecular flexibility index (Phi) is 5.69. The number of hydrogen-bond donors (Lipinski definition) is 1. The van der Waals surface area contributed by atoms with Crippen molar-refractivity contribution in [1.82, 2.24) is 0 Å². The molecule has 31 heavy (non-hydrogen) atoms. The maximum absolute atomic E-state index is 13.4. The lowest BCUT2D eigenvalue weighted by Gasteiger charge is -2.23. The van der Waals surface area contributed by atoms with Crippen molar-refractivity contribution in [3.05, 3.63) is 100 Å². The lowest BCUT2D eigenvalue weighted by atomic mass is 9.87. The standard InChI is InChI=1S/C26H24ClNO3/c1-17(2)19-9-11-20(12-10-19)24(29)15-26(31)22-5-3-4-6-23(22)28(25(26)30)16-18-7-13-21(27)14-8-18/h3-14,17,31H,15-16H2,1-2H3. The Balaban J connectivity index is 1.63. The van der Waals surface area contributed by atoms with E-state index in [0.29, 0.717) is 27.8 Å². The Morgan fingerprint density at radius 1 is 1.00 bits per heavy atom. The van der Waals surface area contributed by atoms with E-state index in [-0.39, 0.29) is 18.7 Å². The number of anilines is 1. The second-order valence-electron chi connectivity index (χ2n) is 8.27. The van der Waals surface area contributed by atoms with Crippen LogP contribution in [0.25, 0.3) is 0 Å². The van der Waals surface area contributed by atoms with Crippen molar-refractivity contribution in [2.75, 3.05) is 4.90 Å². The Hall–Kier alpha value is -2.95. The first-order chi connectivity index (χ1) is 14.8. The van der Waals surface area contributed by atoms with Gasteiger partial charge in [0.25, 0.3) is 5.91 Å². The van der Waals surface area contributed by atoms with Crippen LogP contribution in [-0.2, 0) is 16.9 Å². The van der Waals surface area contributed by atoms with Crippen LogP contribution < -0.4 is 4.90 Å². The van der Waals surface area contributed by atoms with E-state index < -0.39 is 11.5 Å². The van der Waals surface area contributed by atoms with Gasteiger partial charge in [0.15, 0.2) is 11.4 Å². The van der Waals surface area contributed by atoms with Gasteiger partial charge in [-0.15, -0.1) is 0 Å². The Morgan fingerprint density at radius 2 is 1.65 bits per heavy atom. The monoisotopic (exact) mass is 433 g/mol. The number of carbonyl (C=O) groups is 2. The first-order valence-corrected chi connectivity index (χ1v) is 10.7. The number of hydrogen-bond acceptors (Lipinski definition) is 3. The number of nitrogens with zero attached hydrogens (tertiary/aromatic N) is 1. The highest BCUT2D eigenvalue weighted by Crippen LogP contribution is 2.43. The van der Waals surface area contributed by atoms with E-state index in [1.54, 1.807) is 42.5 Å². The van der Waals surface area contributed by atoms with Crippen molar-refractivity contribution >= 4 is 29.0 Å². The maximum Gasteiger partial charge on any atom is 0.264 e. The van der Waals surface area contributed by atoms with Gasteiger partial charge in [-0.1, -0.05) is 80.0 Å². The minimum atomic E-state index is -1.89. The Labute approximate surface area is 187 Å². The van der Waals surface area contributed by atoms with Crippen LogP contribution >= 0.6 is 11.6 Å². The number of fused-ring (bicyclic) bond motifs is 1. The van der Waals surface area contributed by atoms with E-state index in [4.69, 9.17) is 11.6 Å². The highest BCUT2D eigenvalue weighted by molar-refractivity contribution is 6.30. The summed E-state index contributed by atoms with van der Waals surface area (Å²) in [6.45, 7) is 4.46. The third-order valence-electron chi connectivity index (χ3n) is 5.81. The summed E-state index contributed by atoms with van der Waals surface area (Å²) >= 11 is 5.97. The van der Waals surface area contributed by atoms with Crippen LogP contribution in [0.5, 0.6) is 0 Å². The molecule has 5 heteroatoms. The van der Waals surface area contributed by atoms with E-state index in [1.807, 2.05) is 30.3 Å². The van der Waals surface area contributed by atoms with Crippen molar-refractivity contribution in [3.63, 3.8) is 0 Å². The molecular formula is C26H24ClNO3. The molecule has 0 aromatic heterocycles. The van der Waals surface area contributed by atoms with E-state index in [1.165, 1.54) is 4.90 Å². The molecular weight excluding hydrogens is 410 g/mol. The maximum atomic E-state index is 13.4. The molecule has 1 unspecified atom stereocenters. The summed E-state index contributed by atoms with van der Waals surface area (Å²) in [7, 11) is 0. The van der Waals surface area contributed by atoms with Crippen LogP contribution in [0.4, 0.5) is 5.69 Å². The van der Waals surface area contributed by atoms with E-state index in [2.05, 4.69) is 13.8 Å². The third kappa shape index (κ3) is 4.01. The number of benzene rings is 3. The van der Waals surface area contributed by atoms with Gasteiger partial charge in [0, 0.05) is 16.1 Å². The van der Waals surface area contributed by atoms with Gasteiger partial charge in [0.05, 0.1) is 18.7 Å². The summed E-state index contributed by atoms with van der Waals surface area (Å²) in [5.74, 6) is -0.400. The Morgan fingerprint density at radius 3 is 2.29 bits per heavy atom. The average Bonchev–Trinajstić information content (AvgIpc) is 2.97. The summed E-state index contributed by atoms with van der Waals surface area (Å²) in [6, 6.07) is 21.7. The minimum Gasteiger partial charge on any atom is -0.375 e. The number of halogens is 1. The van der Waals surface area contributed by atoms with Crippen LogP contribution in [-0.4, -0.2) is 16.8 Å². The van der Waals surface area contributed by atoms with Gasteiger partial charge in [-0.2, -0.15) is 0 Å². The molecule has 0 fully saturated rings. The number of rotatable bonds is 6. The molecule has 0 saturated heterocycles. The lowest BCUT2D eigenvalue weighted by molar-refractivity contribution is -0.136. The SMILES string of the molecule is CC(C)c1ccc(C(=O)CC2(O)C(=O)N(Cc3ccc(Cl)cc3)c3ccccc32)cc1. The highest BCUT2D eigenvalue weighted by Gasteiger charge is 2.50. The van der Waals surface area contributed by atoms with Crippen molar-refractivity contribution < 1.29 is 14.7 Å². The summed E-state index contributed by atoms with van der Waals surface area (Å²) in [5, 5.41) is 12.1. The van der Waals surface area contributed by atoms with Crippen LogP contribution in [0.3, 0.4) is 0 Å². The second kappa shape index (κ2) is 8.29. The summed E-state index contributed by atoms with van der Waals surface area (Å²) < 4.78 is 0. The number of Topliss-reactive ketones (excluding diaryl/α,β-unsaturated/α-hetero) is 1. The third-order valence-corrected chi connectivity index (χ3v) is 6.06. The van der Waals surface area contributed by atoms with Crippen LogP contribution in [0.15, 0.2) is 72.8 Å². The Bertz CT molecular complexity index is 1120. The quantitative estimate of drug-likeness (QED) is 0.524. The van der Waals surface area contributed by atoms with E-state index >= 15 is 0 Å². The molecule has 0 spiro atoms. The highest BCUT2D eigenvalue weighted by atomic mass is 35.5. The van der Waals surface area contributed by atoms with Crippen LogP contribution in [0.1, 0.15) is 53.2 Å². The van der Waals surface area contributed by atoms with Gasteiger partial charge < -0.3 is 10.0 Å². The van der Waals surface area contributed by atoms with Gasteiger partial charge in [-0.25, -0.2) is 0 Å². The predicted molar refractivity (Wildman–Crippen MR) is 122 cm³/mol. The first-order valence-electron chi connectivity index (χ1n) is 10.3. The number of aliphatic hydroxyl groups is 1. The fourth-order valence-electron chi connectivity index (χ4n) is 4.00. The molecule has 1 aliphatic heterocycles. The molecule has 158 valence electrons. The average molecular weight is 434 g/mol. The van der Waals surface area contributed by atoms with Gasteiger partial charge in [-0.3, -0.25) is 9.59 Å². The fraction of sp³-hybridized carbons (Fsp3) is 0.231. The van der Waals surface area contributed by atoms with Crippen LogP contribution in [0.2, 0.25) is 5.02 Å². The number of ketones is 1. The zero-order valence-electron chi connectivity index (χ0n) is 17.5. The smallest absolute Gasteiger partial charge is 0.264 e. The molecule has 4 nitrogen and oxygen atoms in total. The zero-order valence-corrected chi connectivity index (χ0v) is 18.3. The summed E-state index contributed by atoms with van der Waals surface area (Å²) in [4.78, 5) is 27.9. The molecule has 1 N–H and O–H groups in total. The van der Waals surface area contributed by atoms with Crippen molar-refractivity contribution in [2.24, 2.45) is 0 Å². The number of para-hydroxylation sites is 1. The molecule has 0 bridgehead atoms. The van der Waals surface area contributed by atoms with Gasteiger partial charge in [0.2, 0.25) is 0 Å². The fourth-order valence-corrected chi connectivity index (χ4v) is 4.12. The van der Waals surface area contributed by atoms with Crippen molar-refractivity contribution in [1.29, 1.82) is 0 Å². The summed E-state index contributed by atoms with van der Waals surface area (Å²) in [6.07, 6.45) is -0.305. The molecule has 1 aliphatic rings. The zero-order chi connectivity index (χ0) is 22.2. The largest absolute Gasteiger partial charge is 0.375 e. The summed E-state index contributed by atoms with van der Waals surface area (Å²) in [5.41, 5.74) is 1.68. The minimum absolute atomic E-state index is 0.269. The topological polar surface area (TPSA) is 57.6 Å². The molecule has 4 rings (SSSR count). The molecule has 1 amide bonds. The molecule has 3 aromatic rings. The van der Waals surface area contributed by atoms with E-state index in [0.717, 1.165) is 11.1 Å². The normalized spacial score (nSPS) is 17.8.